The number of imide groups is 1. The SMILES string of the molecule is Nc1nc(CN2C(=O)c3ccc([N+](=O)[O-])cc3C2=O)nc2ccccc12. The van der Waals surface area contributed by atoms with Crippen molar-refractivity contribution in [1.29, 1.82) is 0 Å². The van der Waals surface area contributed by atoms with Crippen LogP contribution in [0.15, 0.2) is 42.5 Å². The normalized spacial score (nSPS) is 13.3. The van der Waals surface area contributed by atoms with Crippen LogP contribution in [0.2, 0.25) is 0 Å². The van der Waals surface area contributed by atoms with Crippen molar-refractivity contribution in [2.24, 2.45) is 0 Å². The standard InChI is InChI=1S/C17H11N5O4/c18-15-11-3-1-2-4-13(11)19-14(20-15)8-21-16(23)10-6-5-9(22(25)26)7-12(10)17(21)24/h1-7H,8H2,(H2,18,19,20). The van der Waals surface area contributed by atoms with E-state index in [4.69, 9.17) is 5.73 Å². The van der Waals surface area contributed by atoms with Crippen LogP contribution in [0.4, 0.5) is 11.5 Å². The molecule has 9 heteroatoms. The number of carbonyl (C=O) groups is 2. The van der Waals surface area contributed by atoms with Crippen molar-refractivity contribution in [2.75, 3.05) is 5.73 Å². The number of nitro benzene ring substituents is 1. The molecule has 4 rings (SSSR count). The Morgan fingerprint density at radius 3 is 2.54 bits per heavy atom. The van der Waals surface area contributed by atoms with Crippen molar-refractivity contribution in [3.05, 3.63) is 69.5 Å². The summed E-state index contributed by atoms with van der Waals surface area (Å²) in [6, 6.07) is 10.7. The fraction of sp³-hybridized carbons (Fsp3) is 0.0588. The Bertz CT molecular complexity index is 1110. The van der Waals surface area contributed by atoms with Crippen LogP contribution >= 0.6 is 0 Å². The first-order chi connectivity index (χ1) is 12.5. The number of non-ortho nitro benzene ring substituents is 1. The summed E-state index contributed by atoms with van der Waals surface area (Å²) in [6.45, 7) is -0.171. The van der Waals surface area contributed by atoms with Gasteiger partial charge >= 0.3 is 0 Å². The molecule has 2 N–H and O–H groups in total. The van der Waals surface area contributed by atoms with Crippen LogP contribution in [0.25, 0.3) is 10.9 Å². The fourth-order valence-corrected chi connectivity index (χ4v) is 2.90. The van der Waals surface area contributed by atoms with Gasteiger partial charge in [0.05, 0.1) is 28.1 Å². The van der Waals surface area contributed by atoms with Crippen LogP contribution in [0.3, 0.4) is 0 Å². The Morgan fingerprint density at radius 2 is 1.77 bits per heavy atom. The molecule has 0 aliphatic carbocycles. The molecule has 0 radical (unpaired) electrons. The molecule has 2 heterocycles. The number of fused-ring (bicyclic) bond motifs is 2. The van der Waals surface area contributed by atoms with Crippen LogP contribution in [0.1, 0.15) is 26.5 Å². The van der Waals surface area contributed by atoms with Gasteiger partial charge in [0.2, 0.25) is 0 Å². The molecule has 0 unspecified atom stereocenters. The predicted octanol–water partition coefficient (Wildman–Crippen LogP) is 1.92. The number of hydrogen-bond acceptors (Lipinski definition) is 7. The number of hydrogen-bond donors (Lipinski definition) is 1. The van der Waals surface area contributed by atoms with E-state index in [-0.39, 0.29) is 35.0 Å². The van der Waals surface area contributed by atoms with Gasteiger partial charge in [0.25, 0.3) is 17.5 Å². The number of benzene rings is 2. The average Bonchev–Trinajstić information content (AvgIpc) is 2.86. The minimum absolute atomic E-state index is 0.00189. The molecular weight excluding hydrogens is 338 g/mol. The first-order valence-corrected chi connectivity index (χ1v) is 7.61. The van der Waals surface area contributed by atoms with Crippen LogP contribution < -0.4 is 5.73 Å². The van der Waals surface area contributed by atoms with Gasteiger partial charge < -0.3 is 5.73 Å². The van der Waals surface area contributed by atoms with Crippen LogP contribution in [-0.4, -0.2) is 31.6 Å². The first kappa shape index (κ1) is 15.6. The van der Waals surface area contributed by atoms with Crippen LogP contribution in [0.5, 0.6) is 0 Å². The third-order valence-electron chi connectivity index (χ3n) is 4.14. The lowest BCUT2D eigenvalue weighted by Gasteiger charge is -2.13. The third-order valence-corrected chi connectivity index (χ3v) is 4.14. The van der Waals surface area contributed by atoms with E-state index in [0.29, 0.717) is 10.9 Å². The number of aromatic nitrogens is 2. The minimum Gasteiger partial charge on any atom is -0.383 e. The van der Waals surface area contributed by atoms with Gasteiger partial charge in [-0.15, -0.1) is 0 Å². The highest BCUT2D eigenvalue weighted by Gasteiger charge is 2.37. The van der Waals surface area contributed by atoms with E-state index in [1.54, 1.807) is 24.3 Å². The molecule has 26 heavy (non-hydrogen) atoms. The van der Waals surface area contributed by atoms with Crippen molar-refractivity contribution < 1.29 is 14.5 Å². The van der Waals surface area contributed by atoms with E-state index >= 15 is 0 Å². The molecule has 0 saturated carbocycles. The summed E-state index contributed by atoms with van der Waals surface area (Å²) in [5.41, 5.74) is 6.39. The first-order valence-electron chi connectivity index (χ1n) is 7.61. The summed E-state index contributed by atoms with van der Waals surface area (Å²) in [4.78, 5) is 44.7. The summed E-state index contributed by atoms with van der Waals surface area (Å²) in [5.74, 6) is -0.706. The molecule has 0 spiro atoms. The molecule has 2 amide bonds. The summed E-state index contributed by atoms with van der Waals surface area (Å²) in [5, 5.41) is 11.6. The zero-order valence-electron chi connectivity index (χ0n) is 13.2. The van der Waals surface area contributed by atoms with E-state index in [2.05, 4.69) is 9.97 Å². The third kappa shape index (κ3) is 2.34. The lowest BCUT2D eigenvalue weighted by atomic mass is 10.1. The minimum atomic E-state index is -0.621. The maximum Gasteiger partial charge on any atom is 0.270 e. The lowest BCUT2D eigenvalue weighted by molar-refractivity contribution is -0.384. The lowest BCUT2D eigenvalue weighted by Crippen LogP contribution is -2.30. The van der Waals surface area contributed by atoms with Crippen molar-refractivity contribution in [3.63, 3.8) is 0 Å². The van der Waals surface area contributed by atoms with E-state index < -0.39 is 16.7 Å². The molecule has 9 nitrogen and oxygen atoms in total. The maximum atomic E-state index is 12.5. The van der Waals surface area contributed by atoms with Crippen molar-refractivity contribution in [1.82, 2.24) is 14.9 Å². The van der Waals surface area contributed by atoms with E-state index in [1.807, 2.05) is 0 Å². The largest absolute Gasteiger partial charge is 0.383 e. The topological polar surface area (TPSA) is 132 Å². The van der Waals surface area contributed by atoms with Crippen molar-refractivity contribution in [3.8, 4) is 0 Å². The molecule has 3 aromatic rings. The molecular formula is C17H11N5O4. The molecule has 0 atom stereocenters. The van der Waals surface area contributed by atoms with Gasteiger partial charge in [0.15, 0.2) is 5.82 Å². The number of rotatable bonds is 3. The van der Waals surface area contributed by atoms with E-state index in [1.165, 1.54) is 12.1 Å². The number of nitrogen functional groups attached to an aromatic ring is 1. The number of anilines is 1. The van der Waals surface area contributed by atoms with Crippen molar-refractivity contribution >= 4 is 34.2 Å². The smallest absolute Gasteiger partial charge is 0.270 e. The van der Waals surface area contributed by atoms with Gasteiger partial charge in [-0.05, 0) is 18.2 Å². The van der Waals surface area contributed by atoms with Gasteiger partial charge in [0.1, 0.15) is 5.82 Å². The number of para-hydroxylation sites is 1. The fourth-order valence-electron chi connectivity index (χ4n) is 2.90. The average molecular weight is 349 g/mol. The number of amides is 2. The van der Waals surface area contributed by atoms with Crippen molar-refractivity contribution in [2.45, 2.75) is 6.54 Å². The molecule has 0 saturated heterocycles. The molecule has 1 aliphatic heterocycles. The number of nitrogens with two attached hydrogens (primary N) is 1. The quantitative estimate of drug-likeness (QED) is 0.434. The Kier molecular flexibility index (Phi) is 3.36. The molecule has 1 aromatic heterocycles. The summed E-state index contributed by atoms with van der Waals surface area (Å²) in [6.07, 6.45) is 0. The van der Waals surface area contributed by atoms with Gasteiger partial charge in [-0.3, -0.25) is 24.6 Å². The highest BCUT2D eigenvalue weighted by molar-refractivity contribution is 6.21. The van der Waals surface area contributed by atoms with E-state index in [0.717, 1.165) is 11.0 Å². The molecule has 0 fully saturated rings. The van der Waals surface area contributed by atoms with E-state index in [9.17, 15) is 19.7 Å². The monoisotopic (exact) mass is 349 g/mol. The second-order valence-corrected chi connectivity index (χ2v) is 5.73. The Balaban J connectivity index is 1.70. The Morgan fingerprint density at radius 1 is 1.04 bits per heavy atom. The Labute approximate surface area is 146 Å². The second kappa shape index (κ2) is 5.59. The molecule has 0 bridgehead atoms. The predicted molar refractivity (Wildman–Crippen MR) is 91.3 cm³/mol. The Hall–Kier alpha value is -3.88. The zero-order chi connectivity index (χ0) is 18.4. The van der Waals surface area contributed by atoms with Gasteiger partial charge in [-0.2, -0.15) is 0 Å². The molecule has 2 aromatic carbocycles. The molecule has 128 valence electrons. The highest BCUT2D eigenvalue weighted by Crippen LogP contribution is 2.28. The van der Waals surface area contributed by atoms with Crippen LogP contribution in [-0.2, 0) is 6.54 Å². The molecule has 1 aliphatic rings. The second-order valence-electron chi connectivity index (χ2n) is 5.73. The van der Waals surface area contributed by atoms with Crippen LogP contribution in [0, 0.1) is 10.1 Å². The number of nitro groups is 1. The zero-order valence-corrected chi connectivity index (χ0v) is 13.2. The summed E-state index contributed by atoms with van der Waals surface area (Å²) < 4.78 is 0. The highest BCUT2D eigenvalue weighted by atomic mass is 16.6. The van der Waals surface area contributed by atoms with Gasteiger partial charge in [0, 0.05) is 17.5 Å². The van der Waals surface area contributed by atoms with Gasteiger partial charge in [-0.25, -0.2) is 9.97 Å². The maximum absolute atomic E-state index is 12.5. The summed E-state index contributed by atoms with van der Waals surface area (Å²) >= 11 is 0. The number of nitrogens with zero attached hydrogens (tertiary/aromatic N) is 4. The number of carbonyl (C=O) groups excluding carboxylic acids is 2. The van der Waals surface area contributed by atoms with Gasteiger partial charge in [-0.1, -0.05) is 12.1 Å². The summed E-state index contributed by atoms with van der Waals surface area (Å²) in [7, 11) is 0.